The lowest BCUT2D eigenvalue weighted by atomic mass is 10.2. The van der Waals surface area contributed by atoms with Crippen molar-refractivity contribution in [3.8, 4) is 17.2 Å². The Bertz CT molecular complexity index is 1010. The maximum Gasteiger partial charge on any atom is 0.306 e. The summed E-state index contributed by atoms with van der Waals surface area (Å²) in [5.41, 5.74) is 7.22. The highest BCUT2D eigenvalue weighted by Crippen LogP contribution is 2.36. The Labute approximate surface area is 172 Å². The summed E-state index contributed by atoms with van der Waals surface area (Å²) in [6.07, 6.45) is 5.47. The molecule has 2 aromatic carbocycles. The SMILES string of the molecule is CCOc1ccccc1Oc1ccc([N+]2(S(=O)(=O)CC)C=C(CN)C=CC2)cc1. The van der Waals surface area contributed by atoms with E-state index in [1.54, 1.807) is 37.4 Å². The van der Waals surface area contributed by atoms with Crippen molar-refractivity contribution in [3.63, 3.8) is 0 Å². The molecule has 0 saturated heterocycles. The smallest absolute Gasteiger partial charge is 0.306 e. The fourth-order valence-corrected chi connectivity index (χ4v) is 4.83. The zero-order valence-corrected chi connectivity index (χ0v) is 17.6. The van der Waals surface area contributed by atoms with Crippen LogP contribution in [-0.2, 0) is 10.0 Å². The third kappa shape index (κ3) is 4.22. The lowest BCUT2D eigenvalue weighted by Gasteiger charge is -2.34. The van der Waals surface area contributed by atoms with Gasteiger partial charge in [0.2, 0.25) is 0 Å². The Morgan fingerprint density at radius 2 is 1.72 bits per heavy atom. The first-order chi connectivity index (χ1) is 14.0. The van der Waals surface area contributed by atoms with E-state index >= 15 is 0 Å². The quantitative estimate of drug-likeness (QED) is 0.661. The monoisotopic (exact) mass is 415 g/mol. The Hall–Kier alpha value is -2.61. The molecule has 2 N–H and O–H groups in total. The van der Waals surface area contributed by atoms with Gasteiger partial charge >= 0.3 is 10.0 Å². The lowest BCUT2D eigenvalue weighted by molar-refractivity contribution is 0.321. The molecule has 0 radical (unpaired) electrons. The number of rotatable bonds is 8. The number of hydrogen-bond donors (Lipinski definition) is 1. The summed E-state index contributed by atoms with van der Waals surface area (Å²) in [6.45, 7) is 4.72. The highest BCUT2D eigenvalue weighted by atomic mass is 32.2. The maximum atomic E-state index is 13.0. The third-order valence-corrected chi connectivity index (χ3v) is 7.02. The van der Waals surface area contributed by atoms with Crippen LogP contribution in [0.25, 0.3) is 0 Å². The third-order valence-electron chi connectivity index (χ3n) is 4.83. The van der Waals surface area contributed by atoms with Gasteiger partial charge in [-0.05, 0) is 44.2 Å². The first-order valence-corrected chi connectivity index (χ1v) is 11.3. The van der Waals surface area contributed by atoms with E-state index < -0.39 is 10.0 Å². The fraction of sp³-hybridized carbons (Fsp3) is 0.273. The summed E-state index contributed by atoms with van der Waals surface area (Å²) in [5.74, 6) is 1.89. The summed E-state index contributed by atoms with van der Waals surface area (Å²) in [6, 6.07) is 14.6. The number of sulfonamides is 1. The fourth-order valence-electron chi connectivity index (χ4n) is 3.31. The predicted molar refractivity (Wildman–Crippen MR) is 117 cm³/mol. The molecule has 0 bridgehead atoms. The van der Waals surface area contributed by atoms with Crippen molar-refractivity contribution in [1.82, 2.24) is 3.89 Å². The highest BCUT2D eigenvalue weighted by Gasteiger charge is 2.42. The molecule has 0 saturated carbocycles. The molecule has 1 atom stereocenters. The van der Waals surface area contributed by atoms with Gasteiger partial charge in [-0.15, -0.1) is 0 Å². The molecule has 0 aliphatic carbocycles. The molecule has 1 aliphatic heterocycles. The molecule has 0 amide bonds. The summed E-state index contributed by atoms with van der Waals surface area (Å²) >= 11 is 0. The van der Waals surface area contributed by atoms with E-state index in [-0.39, 0.29) is 16.2 Å². The zero-order valence-electron chi connectivity index (χ0n) is 16.7. The summed E-state index contributed by atoms with van der Waals surface area (Å²) in [4.78, 5) is 0. The second kappa shape index (κ2) is 8.82. The molecule has 29 heavy (non-hydrogen) atoms. The Morgan fingerprint density at radius 1 is 1.03 bits per heavy atom. The Morgan fingerprint density at radius 3 is 2.34 bits per heavy atom. The van der Waals surface area contributed by atoms with E-state index in [1.165, 1.54) is 0 Å². The van der Waals surface area contributed by atoms with Crippen LogP contribution >= 0.6 is 0 Å². The van der Waals surface area contributed by atoms with Crippen LogP contribution in [0.2, 0.25) is 0 Å². The van der Waals surface area contributed by atoms with Gasteiger partial charge in [0.15, 0.2) is 17.2 Å². The van der Waals surface area contributed by atoms with Crippen molar-refractivity contribution in [2.75, 3.05) is 25.4 Å². The van der Waals surface area contributed by atoms with Gasteiger partial charge in [0.05, 0.1) is 12.4 Å². The van der Waals surface area contributed by atoms with Crippen molar-refractivity contribution in [3.05, 3.63) is 72.5 Å². The van der Waals surface area contributed by atoms with Crippen LogP contribution in [0.4, 0.5) is 5.69 Å². The zero-order chi connectivity index (χ0) is 20.9. The van der Waals surface area contributed by atoms with Gasteiger partial charge in [0.1, 0.15) is 18.5 Å². The van der Waals surface area contributed by atoms with Crippen molar-refractivity contribution in [2.45, 2.75) is 13.8 Å². The van der Waals surface area contributed by atoms with Crippen LogP contribution in [0.5, 0.6) is 17.2 Å². The van der Waals surface area contributed by atoms with E-state index in [9.17, 15) is 8.42 Å². The molecule has 7 heteroatoms. The highest BCUT2D eigenvalue weighted by molar-refractivity contribution is 7.91. The number of nitrogens with zero attached hydrogens (tertiary/aromatic N) is 1. The van der Waals surface area contributed by atoms with E-state index in [4.69, 9.17) is 15.2 Å². The van der Waals surface area contributed by atoms with Crippen molar-refractivity contribution < 1.29 is 17.9 Å². The molecule has 2 aromatic rings. The number of ether oxygens (including phenoxy) is 2. The minimum absolute atomic E-state index is 0.0230. The first kappa shape index (κ1) is 21.1. The molecule has 1 aliphatic rings. The van der Waals surface area contributed by atoms with Crippen LogP contribution < -0.4 is 19.1 Å². The predicted octanol–water partition coefficient (Wildman–Crippen LogP) is 3.95. The molecule has 0 fully saturated rings. The normalized spacial score (nSPS) is 18.9. The van der Waals surface area contributed by atoms with Crippen LogP contribution in [0.1, 0.15) is 13.8 Å². The maximum absolute atomic E-state index is 13.0. The average molecular weight is 416 g/mol. The van der Waals surface area contributed by atoms with Crippen molar-refractivity contribution in [1.29, 1.82) is 0 Å². The van der Waals surface area contributed by atoms with Gasteiger partial charge in [-0.25, -0.2) is 0 Å². The molecule has 1 heterocycles. The minimum atomic E-state index is -3.47. The molecular formula is C22H27N2O4S+. The number of hydrogen-bond acceptors (Lipinski definition) is 5. The first-order valence-electron chi connectivity index (χ1n) is 9.65. The summed E-state index contributed by atoms with van der Waals surface area (Å²) in [5, 5.41) is 0. The van der Waals surface area contributed by atoms with E-state index in [0.29, 0.717) is 36.1 Å². The molecule has 154 valence electrons. The van der Waals surface area contributed by atoms with Crippen LogP contribution in [0.15, 0.2) is 72.5 Å². The van der Waals surface area contributed by atoms with E-state index in [1.807, 2.05) is 43.3 Å². The molecule has 6 nitrogen and oxygen atoms in total. The Kier molecular flexibility index (Phi) is 6.42. The molecule has 1 unspecified atom stereocenters. The van der Waals surface area contributed by atoms with Crippen LogP contribution in [0, 0.1) is 0 Å². The molecule has 3 rings (SSSR count). The van der Waals surface area contributed by atoms with Gasteiger partial charge in [-0.2, -0.15) is 12.3 Å². The number of benzene rings is 2. The van der Waals surface area contributed by atoms with Crippen molar-refractivity contribution in [2.24, 2.45) is 5.73 Å². The number of para-hydroxylation sites is 2. The number of quaternary nitrogens is 1. The summed E-state index contributed by atoms with van der Waals surface area (Å²) < 4.78 is 37.4. The summed E-state index contributed by atoms with van der Waals surface area (Å²) in [7, 11) is -3.47. The standard InChI is InChI=1S/C22H27N2O4S/c1-3-27-21-9-5-6-10-22(21)28-20-13-11-19(12-14-20)24(29(25,26)4-2)15-7-8-18(16-23)17-24/h5-14,17H,3-4,15-16,23H2,1-2H3/q+1. The van der Waals surface area contributed by atoms with Crippen molar-refractivity contribution >= 4 is 15.7 Å². The lowest BCUT2D eigenvalue weighted by Crippen LogP contribution is -2.51. The molecule has 0 spiro atoms. The van der Waals surface area contributed by atoms with Crippen LogP contribution in [0.3, 0.4) is 0 Å². The van der Waals surface area contributed by atoms with Gasteiger partial charge in [0, 0.05) is 24.3 Å². The van der Waals surface area contributed by atoms with Gasteiger partial charge in [-0.1, -0.05) is 18.2 Å². The largest absolute Gasteiger partial charge is 0.490 e. The van der Waals surface area contributed by atoms with Gasteiger partial charge in [0.25, 0.3) is 0 Å². The second-order valence-corrected chi connectivity index (χ2v) is 9.03. The molecular weight excluding hydrogens is 388 g/mol. The molecule has 0 aromatic heterocycles. The van der Waals surface area contributed by atoms with E-state index in [2.05, 4.69) is 0 Å². The van der Waals surface area contributed by atoms with Crippen LogP contribution in [-0.4, -0.2) is 33.9 Å². The van der Waals surface area contributed by atoms with Gasteiger partial charge in [-0.3, -0.25) is 0 Å². The minimum Gasteiger partial charge on any atom is -0.490 e. The number of nitrogens with two attached hydrogens (primary N) is 1. The second-order valence-electron chi connectivity index (χ2n) is 6.63. The van der Waals surface area contributed by atoms with E-state index in [0.717, 1.165) is 5.57 Å². The topological polar surface area (TPSA) is 78.6 Å². The average Bonchev–Trinajstić information content (AvgIpc) is 2.75. The van der Waals surface area contributed by atoms with Gasteiger partial charge < -0.3 is 15.2 Å². The Balaban J connectivity index is 1.96.